The Bertz CT molecular complexity index is 42.7. The van der Waals surface area contributed by atoms with Crippen molar-refractivity contribution in [3.05, 3.63) is 0 Å². The Kier molecular flexibility index (Phi) is 6.23. The van der Waals surface area contributed by atoms with E-state index in [0.717, 1.165) is 6.61 Å². The van der Waals surface area contributed by atoms with Gasteiger partial charge in [0.05, 0.1) is 0 Å². The van der Waals surface area contributed by atoms with E-state index in [0.29, 0.717) is 3.61 Å². The van der Waals surface area contributed by atoms with Gasteiger partial charge in [-0.2, -0.15) is 0 Å². The van der Waals surface area contributed by atoms with Crippen LogP contribution in [0.25, 0.3) is 0 Å². The first-order valence-corrected chi connectivity index (χ1v) is 12.4. The molecule has 0 saturated carbocycles. The topological polar surface area (TPSA) is 9.23 Å². The summed E-state index contributed by atoms with van der Waals surface area (Å²) in [6, 6.07) is 0. The molecule has 0 aromatic carbocycles. The molecule has 0 amide bonds. The summed E-state index contributed by atoms with van der Waals surface area (Å²) < 4.78 is 5.59. The molecule has 0 N–H and O–H groups in total. The molecule has 1 nitrogen and oxygen atoms in total. The molecule has 0 aliphatic rings. The normalized spacial score (nSPS) is 13.0. The predicted molar refractivity (Wildman–Crippen MR) is 26.9 cm³/mol. The van der Waals surface area contributed by atoms with Crippen LogP contribution in [-0.2, 0) is 28.1 Å². The molecule has 7 heavy (non-hydrogen) atoms. The molecule has 1 unspecified atom stereocenters. The van der Waals surface area contributed by atoms with E-state index in [2.05, 4.69) is 6.92 Å². The molecule has 0 saturated heterocycles. The zero-order valence-corrected chi connectivity index (χ0v) is 11.0. The van der Waals surface area contributed by atoms with Gasteiger partial charge >= 0.3 is 60.4 Å². The van der Waals surface area contributed by atoms with Gasteiger partial charge in [-0.25, -0.2) is 0 Å². The minimum atomic E-state index is -1.03. The quantitative estimate of drug-likeness (QED) is 0.720. The average molecular weight is 309 g/mol. The van der Waals surface area contributed by atoms with Gasteiger partial charge < -0.3 is 0 Å². The van der Waals surface area contributed by atoms with E-state index in [-0.39, 0.29) is 0 Å². The van der Waals surface area contributed by atoms with Gasteiger partial charge in [0, 0.05) is 0 Å². The standard InChI is InChI=1S/C4H9O.ClH.Hg/c1-3-5-4-2;;/h3H,4H2,1-2H3;1H;/q;;+1/p-1. The van der Waals surface area contributed by atoms with Gasteiger partial charge in [-0.1, -0.05) is 0 Å². The van der Waals surface area contributed by atoms with E-state index in [4.69, 9.17) is 13.0 Å². The number of halogens is 1. The van der Waals surface area contributed by atoms with Crippen LogP contribution in [0.5, 0.6) is 0 Å². The van der Waals surface area contributed by atoms with Gasteiger partial charge in [-0.05, 0) is 0 Å². The molecule has 0 bridgehead atoms. The van der Waals surface area contributed by atoms with Crippen molar-refractivity contribution in [1.29, 1.82) is 0 Å². The molecule has 0 radical (unpaired) electrons. The van der Waals surface area contributed by atoms with E-state index >= 15 is 0 Å². The van der Waals surface area contributed by atoms with Crippen molar-refractivity contribution in [1.82, 2.24) is 0 Å². The second-order valence-corrected chi connectivity index (χ2v) is 9.80. The molecule has 0 aliphatic carbocycles. The number of hydrogen-bond acceptors (Lipinski definition) is 1. The van der Waals surface area contributed by atoms with Crippen LogP contribution in [0, 0.1) is 0 Å². The summed E-state index contributed by atoms with van der Waals surface area (Å²) in [5.41, 5.74) is 0. The molecule has 3 heteroatoms. The molecule has 0 rings (SSSR count). The van der Waals surface area contributed by atoms with Crippen molar-refractivity contribution in [2.24, 2.45) is 0 Å². The Labute approximate surface area is 60.3 Å². The van der Waals surface area contributed by atoms with Crippen molar-refractivity contribution >= 4 is 8.25 Å². The monoisotopic (exact) mass is 310 g/mol. The van der Waals surface area contributed by atoms with Gasteiger partial charge in [0.1, 0.15) is 0 Å². The Morgan fingerprint density at radius 3 is 2.57 bits per heavy atom. The predicted octanol–water partition coefficient (Wildman–Crippen LogP) is 1.61. The molecular weight excluding hydrogens is 300 g/mol. The molecule has 0 spiro atoms. The summed E-state index contributed by atoms with van der Waals surface area (Å²) >= 11 is -1.03. The number of hydrogen-bond donors (Lipinski definition) is 0. The summed E-state index contributed by atoms with van der Waals surface area (Å²) in [4.78, 5) is 0. The van der Waals surface area contributed by atoms with Crippen molar-refractivity contribution in [3.8, 4) is 0 Å². The summed E-state index contributed by atoms with van der Waals surface area (Å²) in [5.74, 6) is 0. The van der Waals surface area contributed by atoms with E-state index in [1.807, 2.05) is 6.92 Å². The van der Waals surface area contributed by atoms with Gasteiger partial charge in [0.25, 0.3) is 0 Å². The molecule has 1 atom stereocenters. The first-order valence-electron chi connectivity index (χ1n) is 2.48. The maximum absolute atomic E-state index is 5.63. The third-order valence-corrected chi connectivity index (χ3v) is 7.09. The van der Waals surface area contributed by atoms with Crippen LogP contribution < -0.4 is 0 Å². The van der Waals surface area contributed by atoms with Gasteiger partial charge in [0.2, 0.25) is 0 Å². The second-order valence-electron chi connectivity index (χ2n) is 1.42. The fourth-order valence-corrected chi connectivity index (χ4v) is 2.37. The third kappa shape index (κ3) is 5.05. The van der Waals surface area contributed by atoms with Crippen LogP contribution >= 0.6 is 8.25 Å². The van der Waals surface area contributed by atoms with Gasteiger partial charge in [0.15, 0.2) is 0 Å². The van der Waals surface area contributed by atoms with E-state index in [1.165, 1.54) is 0 Å². The molecule has 0 fully saturated rings. The molecule has 0 aromatic heterocycles. The van der Waals surface area contributed by atoms with Crippen LogP contribution in [0.3, 0.4) is 0 Å². The molecule has 0 aromatic rings. The van der Waals surface area contributed by atoms with Crippen molar-refractivity contribution in [3.63, 3.8) is 0 Å². The van der Waals surface area contributed by atoms with Crippen LogP contribution in [0.15, 0.2) is 0 Å². The third-order valence-electron chi connectivity index (χ3n) is 0.668. The molecule has 0 aliphatic heterocycles. The maximum atomic E-state index is 5.63. The van der Waals surface area contributed by atoms with E-state index < -0.39 is 23.3 Å². The Morgan fingerprint density at radius 2 is 2.43 bits per heavy atom. The van der Waals surface area contributed by atoms with E-state index in [1.54, 1.807) is 0 Å². The van der Waals surface area contributed by atoms with Crippen molar-refractivity contribution < 1.29 is 28.1 Å². The van der Waals surface area contributed by atoms with Crippen molar-refractivity contribution in [2.75, 3.05) is 6.61 Å². The Hall–Kier alpha value is 1.19. The first-order chi connectivity index (χ1) is 3.31. The van der Waals surface area contributed by atoms with Crippen LogP contribution in [0.2, 0.25) is 0 Å². The molecule has 40 valence electrons. The SMILES string of the molecule is CCO[CH](C)[Hg][Cl]. The molecule has 0 heterocycles. The molecular formula is C4H9ClHgO. The zero-order valence-electron chi connectivity index (χ0n) is 4.78. The fraction of sp³-hybridized carbons (Fsp3) is 1.00. The minimum absolute atomic E-state index is 0.437. The Balaban J connectivity index is 2.83. The zero-order chi connectivity index (χ0) is 5.70. The van der Waals surface area contributed by atoms with Crippen LogP contribution in [-0.4, -0.2) is 10.2 Å². The number of rotatable bonds is 3. The van der Waals surface area contributed by atoms with Crippen LogP contribution in [0.1, 0.15) is 13.8 Å². The summed E-state index contributed by atoms with van der Waals surface area (Å²) in [7, 11) is 5.63. The number of ether oxygens (including phenoxy) is 1. The second kappa shape index (κ2) is 5.32. The first kappa shape index (κ1) is 8.19. The van der Waals surface area contributed by atoms with Gasteiger partial charge in [-0.15, -0.1) is 0 Å². The summed E-state index contributed by atoms with van der Waals surface area (Å²) in [6.45, 7) is 4.86. The summed E-state index contributed by atoms with van der Waals surface area (Å²) in [5, 5.41) is 0. The fourth-order valence-electron chi connectivity index (χ4n) is 0.329. The average Bonchev–Trinajstić information content (AvgIpc) is 1.68. The van der Waals surface area contributed by atoms with Crippen LogP contribution in [0.4, 0.5) is 0 Å². The summed E-state index contributed by atoms with van der Waals surface area (Å²) in [6.07, 6.45) is 0. The Morgan fingerprint density at radius 1 is 1.86 bits per heavy atom. The van der Waals surface area contributed by atoms with E-state index in [9.17, 15) is 0 Å². The van der Waals surface area contributed by atoms with Crippen molar-refractivity contribution in [2.45, 2.75) is 17.5 Å². The van der Waals surface area contributed by atoms with Gasteiger partial charge in [-0.3, -0.25) is 0 Å².